The van der Waals surface area contributed by atoms with Crippen molar-refractivity contribution < 1.29 is 29.0 Å². The summed E-state index contributed by atoms with van der Waals surface area (Å²) in [6, 6.07) is 15.5. The van der Waals surface area contributed by atoms with Crippen molar-refractivity contribution in [1.82, 2.24) is 4.98 Å². The van der Waals surface area contributed by atoms with Crippen LogP contribution in [0.4, 0.5) is 5.69 Å². The molecule has 0 saturated carbocycles. The highest BCUT2D eigenvalue weighted by Gasteiger charge is 2.47. The third kappa shape index (κ3) is 5.09. The van der Waals surface area contributed by atoms with E-state index in [1.807, 2.05) is 20.8 Å². The maximum atomic E-state index is 13.4. The summed E-state index contributed by atoms with van der Waals surface area (Å²) in [5, 5.41) is 11.3. The number of carbonyl (C=O) groups is 3. The molecule has 1 aliphatic heterocycles. The van der Waals surface area contributed by atoms with Crippen LogP contribution < -0.4 is 9.64 Å². The maximum absolute atomic E-state index is 13.4. The Kier molecular flexibility index (Phi) is 7.67. The van der Waals surface area contributed by atoms with Gasteiger partial charge in [0, 0.05) is 17.4 Å². The fourth-order valence-electron chi connectivity index (χ4n) is 4.25. The topological polar surface area (TPSA) is 106 Å². The van der Waals surface area contributed by atoms with Gasteiger partial charge in [0.1, 0.15) is 17.6 Å². The van der Waals surface area contributed by atoms with E-state index >= 15 is 0 Å². The molecule has 1 amide bonds. The minimum absolute atomic E-state index is 0.0915. The number of aliphatic hydroxyl groups is 1. The first-order valence-electron chi connectivity index (χ1n) is 12.1. The van der Waals surface area contributed by atoms with E-state index in [9.17, 15) is 19.5 Å². The molecule has 4 rings (SSSR count). The van der Waals surface area contributed by atoms with Crippen LogP contribution in [0.3, 0.4) is 0 Å². The number of pyridine rings is 1. The average molecular weight is 501 g/mol. The minimum Gasteiger partial charge on any atom is -0.507 e. The molecule has 2 heterocycles. The number of aliphatic hydroxyl groups excluding tert-OH is 1. The fourth-order valence-corrected chi connectivity index (χ4v) is 4.25. The van der Waals surface area contributed by atoms with E-state index in [1.54, 1.807) is 60.8 Å². The molecule has 190 valence electrons. The summed E-state index contributed by atoms with van der Waals surface area (Å²) in [5.74, 6) is -1.87. The maximum Gasteiger partial charge on any atom is 0.338 e. The highest BCUT2D eigenvalue weighted by Crippen LogP contribution is 2.42. The number of aryl methyl sites for hydroxylation is 1. The van der Waals surface area contributed by atoms with Crippen molar-refractivity contribution in [3.8, 4) is 5.75 Å². The van der Waals surface area contributed by atoms with Gasteiger partial charge in [-0.2, -0.15) is 0 Å². The van der Waals surface area contributed by atoms with Crippen LogP contribution >= 0.6 is 0 Å². The van der Waals surface area contributed by atoms with Gasteiger partial charge >= 0.3 is 5.97 Å². The Hall–Kier alpha value is -4.46. The van der Waals surface area contributed by atoms with Crippen LogP contribution in [0.5, 0.6) is 5.75 Å². The highest BCUT2D eigenvalue weighted by molar-refractivity contribution is 6.51. The number of Topliss-reactive ketones (excluding diaryl/α,β-unsaturated/α-hetero) is 1. The van der Waals surface area contributed by atoms with E-state index in [2.05, 4.69) is 4.98 Å². The van der Waals surface area contributed by atoms with E-state index in [0.717, 1.165) is 5.56 Å². The number of ether oxygens (including phenoxy) is 2. The first kappa shape index (κ1) is 25.6. The van der Waals surface area contributed by atoms with Gasteiger partial charge in [0.25, 0.3) is 11.7 Å². The summed E-state index contributed by atoms with van der Waals surface area (Å²) in [5.41, 5.74) is 2.00. The number of ketones is 1. The second-order valence-corrected chi connectivity index (χ2v) is 8.52. The van der Waals surface area contributed by atoms with Crippen LogP contribution in [0, 0.1) is 6.92 Å². The van der Waals surface area contributed by atoms with Gasteiger partial charge in [0.05, 0.1) is 30.0 Å². The Balaban J connectivity index is 1.85. The molecule has 0 aliphatic carbocycles. The van der Waals surface area contributed by atoms with Crippen LogP contribution in [0.1, 0.15) is 53.5 Å². The predicted molar refractivity (Wildman–Crippen MR) is 138 cm³/mol. The van der Waals surface area contributed by atoms with Gasteiger partial charge in [-0.3, -0.25) is 19.5 Å². The summed E-state index contributed by atoms with van der Waals surface area (Å²) in [6.07, 6.45) is 2.22. The lowest BCUT2D eigenvalue weighted by atomic mass is 9.97. The molecule has 1 fully saturated rings. The fraction of sp³-hybridized carbons (Fsp3) is 0.241. The molecular weight excluding hydrogens is 472 g/mol. The molecule has 1 aromatic heterocycles. The SMILES string of the molecule is CCCOC(=O)c1cccc(N2C(=O)C(=O)/C(=C(/O)c3ccc(OCC)c(C)c3)C2c2ccccn2)c1. The normalized spacial score (nSPS) is 16.6. The highest BCUT2D eigenvalue weighted by atomic mass is 16.5. The third-order valence-electron chi connectivity index (χ3n) is 5.96. The number of anilines is 1. The van der Waals surface area contributed by atoms with Crippen molar-refractivity contribution in [3.05, 3.63) is 94.8 Å². The Labute approximate surface area is 215 Å². The molecule has 37 heavy (non-hydrogen) atoms. The number of nitrogens with zero attached hydrogens (tertiary/aromatic N) is 2. The molecule has 0 bridgehead atoms. The summed E-state index contributed by atoms with van der Waals surface area (Å²) in [4.78, 5) is 44.8. The van der Waals surface area contributed by atoms with E-state index < -0.39 is 23.7 Å². The van der Waals surface area contributed by atoms with Crippen LogP contribution in [0.25, 0.3) is 5.76 Å². The molecule has 1 saturated heterocycles. The first-order valence-corrected chi connectivity index (χ1v) is 12.1. The van der Waals surface area contributed by atoms with E-state index in [1.165, 1.54) is 11.0 Å². The van der Waals surface area contributed by atoms with Crippen molar-refractivity contribution in [2.45, 2.75) is 33.2 Å². The van der Waals surface area contributed by atoms with Gasteiger partial charge in [0.15, 0.2) is 0 Å². The third-order valence-corrected chi connectivity index (χ3v) is 5.96. The molecule has 8 heteroatoms. The monoisotopic (exact) mass is 500 g/mol. The Bertz CT molecular complexity index is 1370. The zero-order valence-corrected chi connectivity index (χ0v) is 20.9. The second kappa shape index (κ2) is 11.1. The van der Waals surface area contributed by atoms with Gasteiger partial charge in [-0.15, -0.1) is 0 Å². The van der Waals surface area contributed by atoms with E-state index in [0.29, 0.717) is 35.7 Å². The van der Waals surface area contributed by atoms with Gasteiger partial charge in [-0.1, -0.05) is 19.1 Å². The molecule has 2 aromatic carbocycles. The van der Waals surface area contributed by atoms with Crippen LogP contribution in [0.15, 0.2) is 72.4 Å². The summed E-state index contributed by atoms with van der Waals surface area (Å²) < 4.78 is 10.8. The second-order valence-electron chi connectivity index (χ2n) is 8.52. The van der Waals surface area contributed by atoms with E-state index in [-0.39, 0.29) is 23.5 Å². The number of hydrogen-bond donors (Lipinski definition) is 1. The number of aromatic nitrogens is 1. The number of carbonyl (C=O) groups excluding carboxylic acids is 3. The molecule has 0 radical (unpaired) electrons. The van der Waals surface area contributed by atoms with Crippen LogP contribution in [-0.2, 0) is 14.3 Å². The Morgan fingerprint density at radius 2 is 1.84 bits per heavy atom. The van der Waals surface area contributed by atoms with Crippen LogP contribution in [0.2, 0.25) is 0 Å². The van der Waals surface area contributed by atoms with Crippen molar-refractivity contribution in [3.63, 3.8) is 0 Å². The molecule has 8 nitrogen and oxygen atoms in total. The van der Waals surface area contributed by atoms with Gasteiger partial charge in [-0.25, -0.2) is 4.79 Å². The molecule has 1 unspecified atom stereocenters. The zero-order chi connectivity index (χ0) is 26.5. The van der Waals surface area contributed by atoms with Gasteiger partial charge in [-0.05, 0) is 74.4 Å². The Morgan fingerprint density at radius 1 is 1.03 bits per heavy atom. The quantitative estimate of drug-likeness (QED) is 0.201. The van der Waals surface area contributed by atoms with Crippen molar-refractivity contribution in [2.75, 3.05) is 18.1 Å². The van der Waals surface area contributed by atoms with Crippen molar-refractivity contribution >= 4 is 29.1 Å². The molecule has 0 spiro atoms. The number of amides is 1. The Morgan fingerprint density at radius 3 is 2.51 bits per heavy atom. The summed E-state index contributed by atoms with van der Waals surface area (Å²) in [6.45, 7) is 6.35. The van der Waals surface area contributed by atoms with E-state index in [4.69, 9.17) is 9.47 Å². The largest absolute Gasteiger partial charge is 0.507 e. The molecule has 1 atom stereocenters. The lowest BCUT2D eigenvalue weighted by Crippen LogP contribution is -2.30. The number of esters is 1. The van der Waals surface area contributed by atoms with Gasteiger partial charge < -0.3 is 14.6 Å². The van der Waals surface area contributed by atoms with Crippen LogP contribution in [-0.4, -0.2) is 41.0 Å². The van der Waals surface area contributed by atoms with Crippen molar-refractivity contribution in [2.24, 2.45) is 0 Å². The number of benzene rings is 2. The smallest absolute Gasteiger partial charge is 0.338 e. The summed E-state index contributed by atoms with van der Waals surface area (Å²) >= 11 is 0. The molecule has 3 aromatic rings. The lowest BCUT2D eigenvalue weighted by molar-refractivity contribution is -0.132. The van der Waals surface area contributed by atoms with Crippen molar-refractivity contribution in [1.29, 1.82) is 0 Å². The first-order chi connectivity index (χ1) is 17.9. The number of rotatable bonds is 8. The standard InChI is InChI=1S/C29H28N2O6/c1-4-15-37-29(35)20-9-8-10-21(17-20)31-25(22-11-6-7-14-30-22)24(27(33)28(31)34)26(32)19-12-13-23(36-5-2)18(3)16-19/h6-14,16-17,25,32H,4-5,15H2,1-3H3/b26-24+. The predicted octanol–water partition coefficient (Wildman–Crippen LogP) is 4.98. The molecule has 1 aliphatic rings. The summed E-state index contributed by atoms with van der Waals surface area (Å²) in [7, 11) is 0. The lowest BCUT2D eigenvalue weighted by Gasteiger charge is -2.25. The minimum atomic E-state index is -1.00. The van der Waals surface area contributed by atoms with Gasteiger partial charge in [0.2, 0.25) is 0 Å². The average Bonchev–Trinajstić information content (AvgIpc) is 3.18. The zero-order valence-electron chi connectivity index (χ0n) is 20.9. The molecule has 1 N–H and O–H groups in total. The number of hydrogen-bond acceptors (Lipinski definition) is 7. The molecular formula is C29H28N2O6.